The van der Waals surface area contributed by atoms with Gasteiger partial charge in [0.2, 0.25) is 0 Å². The topological polar surface area (TPSA) is 0 Å². The molecule has 0 aliphatic heterocycles. The average molecular weight is 160 g/mol. The molecule has 0 unspecified atom stereocenters. The molecule has 0 spiro atoms. The van der Waals surface area contributed by atoms with Gasteiger partial charge in [-0.15, -0.1) is 0 Å². The number of hydrogen-bond acceptors (Lipinski definition) is 0. The predicted octanol–water partition coefficient (Wildman–Crippen LogP) is 3.76. The summed E-state index contributed by atoms with van der Waals surface area (Å²) in [5, 5.41) is 0. The minimum absolute atomic E-state index is 1.27. The Kier molecular flexibility index (Phi) is 1.92. The molecule has 0 heterocycles. The van der Waals surface area contributed by atoms with E-state index in [1.54, 1.807) is 22.3 Å². The van der Waals surface area contributed by atoms with Crippen molar-refractivity contribution < 1.29 is 0 Å². The molecule has 2 aliphatic rings. The fourth-order valence-corrected chi connectivity index (χ4v) is 2.05. The van der Waals surface area contributed by atoms with Crippen LogP contribution in [0.5, 0.6) is 0 Å². The standard InChI is InChI=1S/C12H16/c1-9-3-5-12-8-10(2)4-6-11(12)7-9/h7-8H,3-6H2,1-2H3. The Labute approximate surface area is 74.7 Å². The van der Waals surface area contributed by atoms with Crippen molar-refractivity contribution in [3.63, 3.8) is 0 Å². The van der Waals surface area contributed by atoms with Gasteiger partial charge < -0.3 is 0 Å². The summed E-state index contributed by atoms with van der Waals surface area (Å²) in [6, 6.07) is 0. The van der Waals surface area contributed by atoms with E-state index in [1.165, 1.54) is 25.7 Å². The highest BCUT2D eigenvalue weighted by molar-refractivity contribution is 5.42. The summed E-state index contributed by atoms with van der Waals surface area (Å²) in [6.07, 6.45) is 9.86. The van der Waals surface area contributed by atoms with E-state index >= 15 is 0 Å². The van der Waals surface area contributed by atoms with Crippen LogP contribution in [0.2, 0.25) is 0 Å². The molecule has 0 aromatic carbocycles. The molecule has 2 rings (SSSR count). The van der Waals surface area contributed by atoms with Gasteiger partial charge in [-0.1, -0.05) is 23.3 Å². The molecule has 0 bridgehead atoms. The van der Waals surface area contributed by atoms with Crippen molar-refractivity contribution in [1.29, 1.82) is 0 Å². The highest BCUT2D eigenvalue weighted by atomic mass is 14.2. The second-order valence-electron chi connectivity index (χ2n) is 4.03. The van der Waals surface area contributed by atoms with Crippen LogP contribution < -0.4 is 0 Å². The van der Waals surface area contributed by atoms with Crippen LogP contribution in [-0.4, -0.2) is 0 Å². The van der Waals surface area contributed by atoms with E-state index in [1.807, 2.05) is 0 Å². The molecule has 0 heteroatoms. The maximum absolute atomic E-state index is 2.39. The smallest absolute Gasteiger partial charge is 0.0239 e. The van der Waals surface area contributed by atoms with E-state index in [-0.39, 0.29) is 0 Å². The van der Waals surface area contributed by atoms with Crippen LogP contribution in [0, 0.1) is 0 Å². The van der Waals surface area contributed by atoms with Gasteiger partial charge in [-0.3, -0.25) is 0 Å². The number of allylic oxidation sites excluding steroid dienone is 6. The van der Waals surface area contributed by atoms with Crippen molar-refractivity contribution in [2.24, 2.45) is 0 Å². The van der Waals surface area contributed by atoms with Crippen LogP contribution >= 0.6 is 0 Å². The molecule has 2 aliphatic carbocycles. The zero-order valence-electron chi connectivity index (χ0n) is 7.98. The summed E-state index contributed by atoms with van der Waals surface area (Å²) in [5.74, 6) is 0. The molecular weight excluding hydrogens is 144 g/mol. The van der Waals surface area contributed by atoms with Gasteiger partial charge in [0.05, 0.1) is 0 Å². The lowest BCUT2D eigenvalue weighted by Gasteiger charge is -2.21. The lowest BCUT2D eigenvalue weighted by atomic mass is 9.85. The Balaban J connectivity index is 2.34. The van der Waals surface area contributed by atoms with E-state index in [2.05, 4.69) is 26.0 Å². The van der Waals surface area contributed by atoms with Gasteiger partial charge in [-0.2, -0.15) is 0 Å². The van der Waals surface area contributed by atoms with Gasteiger partial charge in [-0.25, -0.2) is 0 Å². The maximum atomic E-state index is 2.39. The molecule has 0 atom stereocenters. The summed E-state index contributed by atoms with van der Waals surface area (Å²) >= 11 is 0. The summed E-state index contributed by atoms with van der Waals surface area (Å²) in [5.41, 5.74) is 6.32. The quantitative estimate of drug-likeness (QED) is 0.506. The maximum Gasteiger partial charge on any atom is -0.0239 e. The second-order valence-corrected chi connectivity index (χ2v) is 4.03. The summed E-state index contributed by atoms with van der Waals surface area (Å²) in [4.78, 5) is 0. The van der Waals surface area contributed by atoms with Crippen LogP contribution in [0.3, 0.4) is 0 Å². The van der Waals surface area contributed by atoms with Crippen LogP contribution in [0.25, 0.3) is 0 Å². The molecule has 0 fully saturated rings. The molecule has 0 aromatic heterocycles. The van der Waals surface area contributed by atoms with Crippen LogP contribution in [0.1, 0.15) is 39.5 Å². The van der Waals surface area contributed by atoms with Gasteiger partial charge in [0.25, 0.3) is 0 Å². The van der Waals surface area contributed by atoms with Gasteiger partial charge >= 0.3 is 0 Å². The van der Waals surface area contributed by atoms with Gasteiger partial charge in [0.1, 0.15) is 0 Å². The lowest BCUT2D eigenvalue weighted by Crippen LogP contribution is -2.01. The van der Waals surface area contributed by atoms with Gasteiger partial charge in [0.15, 0.2) is 0 Å². The van der Waals surface area contributed by atoms with E-state index in [0.717, 1.165) is 0 Å². The highest BCUT2D eigenvalue weighted by Gasteiger charge is 2.13. The first-order valence-electron chi connectivity index (χ1n) is 4.82. The van der Waals surface area contributed by atoms with Gasteiger partial charge in [-0.05, 0) is 50.7 Å². The highest BCUT2D eigenvalue weighted by Crippen LogP contribution is 2.32. The molecule has 12 heavy (non-hydrogen) atoms. The minimum atomic E-state index is 1.27. The fraction of sp³-hybridized carbons (Fsp3) is 0.500. The SMILES string of the molecule is CC1=CC2=C(C=C(C)CC2)CC1. The first-order chi connectivity index (χ1) is 5.75. The van der Waals surface area contributed by atoms with E-state index < -0.39 is 0 Å². The average Bonchev–Trinajstić information content (AvgIpc) is 2.05. The van der Waals surface area contributed by atoms with Crippen LogP contribution in [-0.2, 0) is 0 Å². The van der Waals surface area contributed by atoms with Crippen LogP contribution in [0.15, 0.2) is 34.4 Å². The third-order valence-corrected chi connectivity index (χ3v) is 2.83. The Bertz CT molecular complexity index is 257. The second kappa shape index (κ2) is 2.93. The third-order valence-electron chi connectivity index (χ3n) is 2.83. The molecule has 0 amide bonds. The van der Waals surface area contributed by atoms with Crippen molar-refractivity contribution in [3.8, 4) is 0 Å². The molecule has 0 nitrogen and oxygen atoms in total. The monoisotopic (exact) mass is 160 g/mol. The first kappa shape index (κ1) is 7.85. The molecule has 0 saturated carbocycles. The minimum Gasteiger partial charge on any atom is -0.0727 e. The zero-order chi connectivity index (χ0) is 8.55. The van der Waals surface area contributed by atoms with Crippen molar-refractivity contribution in [1.82, 2.24) is 0 Å². The molecule has 0 N–H and O–H groups in total. The normalized spacial score (nSPS) is 23.2. The van der Waals surface area contributed by atoms with E-state index in [4.69, 9.17) is 0 Å². The zero-order valence-corrected chi connectivity index (χ0v) is 7.98. The Morgan fingerprint density at radius 3 is 1.58 bits per heavy atom. The number of hydrogen-bond donors (Lipinski definition) is 0. The Hall–Kier alpha value is -0.780. The van der Waals surface area contributed by atoms with Crippen molar-refractivity contribution >= 4 is 0 Å². The Morgan fingerprint density at radius 2 is 1.17 bits per heavy atom. The van der Waals surface area contributed by atoms with E-state index in [9.17, 15) is 0 Å². The summed E-state index contributed by atoms with van der Waals surface area (Å²) < 4.78 is 0. The van der Waals surface area contributed by atoms with Crippen molar-refractivity contribution in [2.75, 3.05) is 0 Å². The fourth-order valence-electron chi connectivity index (χ4n) is 2.05. The summed E-state index contributed by atoms with van der Waals surface area (Å²) in [7, 11) is 0. The van der Waals surface area contributed by atoms with Crippen LogP contribution in [0.4, 0.5) is 0 Å². The third kappa shape index (κ3) is 1.38. The van der Waals surface area contributed by atoms with Crippen molar-refractivity contribution in [3.05, 3.63) is 34.4 Å². The number of rotatable bonds is 0. The molecule has 0 aromatic rings. The summed E-state index contributed by atoms with van der Waals surface area (Å²) in [6.45, 7) is 4.49. The van der Waals surface area contributed by atoms with Gasteiger partial charge in [0, 0.05) is 0 Å². The van der Waals surface area contributed by atoms with E-state index in [0.29, 0.717) is 0 Å². The molecule has 0 radical (unpaired) electrons. The molecular formula is C12H16. The molecule has 64 valence electrons. The predicted molar refractivity (Wildman–Crippen MR) is 53.0 cm³/mol. The first-order valence-corrected chi connectivity index (χ1v) is 4.82. The lowest BCUT2D eigenvalue weighted by molar-refractivity contribution is 0.828. The largest absolute Gasteiger partial charge is 0.0727 e. The molecule has 0 saturated heterocycles. The van der Waals surface area contributed by atoms with Crippen molar-refractivity contribution in [2.45, 2.75) is 39.5 Å². The Morgan fingerprint density at radius 1 is 0.750 bits per heavy atom.